The number of rotatable bonds is 2. The van der Waals surface area contributed by atoms with Crippen LogP contribution in [0.25, 0.3) is 0 Å². The molecule has 0 saturated carbocycles. The van der Waals surface area contributed by atoms with Crippen LogP contribution < -0.4 is 0 Å². The number of carbonyl (C=O) groups is 1. The molecule has 2 fully saturated rings. The van der Waals surface area contributed by atoms with Gasteiger partial charge in [-0.3, -0.25) is 4.79 Å². The maximum Gasteiger partial charge on any atom is 0.223 e. The molecule has 0 N–H and O–H groups in total. The van der Waals surface area contributed by atoms with Gasteiger partial charge in [-0.05, 0) is 20.9 Å². The summed E-state index contributed by atoms with van der Waals surface area (Å²) in [5.74, 6) is -0.279. The van der Waals surface area contributed by atoms with Gasteiger partial charge in [0, 0.05) is 32.6 Å². The van der Waals surface area contributed by atoms with Gasteiger partial charge in [0.15, 0.2) is 5.79 Å². The summed E-state index contributed by atoms with van der Waals surface area (Å²) < 4.78 is 11.2. The molecule has 98 valence electrons. The van der Waals surface area contributed by atoms with E-state index in [1.165, 1.54) is 0 Å². The number of carbonyl (C=O) groups excluding carboxylic acids is 1. The van der Waals surface area contributed by atoms with Gasteiger partial charge in [0.1, 0.15) is 6.10 Å². The molecule has 2 heterocycles. The zero-order chi connectivity index (χ0) is 12.5. The van der Waals surface area contributed by atoms with E-state index in [0.29, 0.717) is 19.6 Å². The Kier molecular flexibility index (Phi) is 3.70. The summed E-state index contributed by atoms with van der Waals surface area (Å²) in [4.78, 5) is 16.0. The molecule has 1 atom stereocenters. The van der Waals surface area contributed by atoms with Crippen molar-refractivity contribution in [2.24, 2.45) is 0 Å². The van der Waals surface area contributed by atoms with Gasteiger partial charge in [-0.15, -0.1) is 0 Å². The molecule has 2 saturated heterocycles. The van der Waals surface area contributed by atoms with Gasteiger partial charge < -0.3 is 19.3 Å². The van der Waals surface area contributed by atoms with Crippen LogP contribution >= 0.6 is 0 Å². The number of likely N-dealkylation sites (N-methyl/N-ethyl adjacent to an activating group) is 1. The molecule has 0 radical (unpaired) electrons. The van der Waals surface area contributed by atoms with Gasteiger partial charge >= 0.3 is 0 Å². The molecule has 5 nitrogen and oxygen atoms in total. The van der Waals surface area contributed by atoms with Crippen molar-refractivity contribution in [3.63, 3.8) is 0 Å². The number of ether oxygens (including phenoxy) is 2. The lowest BCUT2D eigenvalue weighted by molar-refractivity contribution is -0.145. The minimum Gasteiger partial charge on any atom is -0.348 e. The van der Waals surface area contributed by atoms with Crippen molar-refractivity contribution in [1.82, 2.24) is 9.80 Å². The highest BCUT2D eigenvalue weighted by molar-refractivity contribution is 5.76. The Balaban J connectivity index is 1.87. The first-order valence-corrected chi connectivity index (χ1v) is 6.24. The molecule has 5 heteroatoms. The van der Waals surface area contributed by atoms with Crippen LogP contribution in [0, 0.1) is 0 Å². The number of nitrogens with zero attached hydrogens (tertiary/aromatic N) is 2. The third-order valence-corrected chi connectivity index (χ3v) is 3.30. The zero-order valence-corrected chi connectivity index (χ0v) is 10.9. The van der Waals surface area contributed by atoms with Crippen LogP contribution in [-0.2, 0) is 14.3 Å². The summed E-state index contributed by atoms with van der Waals surface area (Å²) in [6, 6.07) is 0. The van der Waals surface area contributed by atoms with Crippen molar-refractivity contribution >= 4 is 5.91 Å². The van der Waals surface area contributed by atoms with Crippen molar-refractivity contribution in [1.29, 1.82) is 0 Å². The summed E-state index contributed by atoms with van der Waals surface area (Å²) in [5, 5.41) is 0. The van der Waals surface area contributed by atoms with Crippen LogP contribution in [0.1, 0.15) is 20.3 Å². The molecule has 1 amide bonds. The fraction of sp³-hybridized carbons (Fsp3) is 0.917. The number of amides is 1. The fourth-order valence-electron chi connectivity index (χ4n) is 2.26. The predicted molar refractivity (Wildman–Crippen MR) is 63.6 cm³/mol. The Morgan fingerprint density at radius 1 is 1.35 bits per heavy atom. The highest BCUT2D eigenvalue weighted by atomic mass is 16.7. The molecule has 0 aromatic rings. The first-order valence-electron chi connectivity index (χ1n) is 6.24. The largest absolute Gasteiger partial charge is 0.348 e. The Labute approximate surface area is 103 Å². The van der Waals surface area contributed by atoms with E-state index in [4.69, 9.17) is 9.47 Å². The molecule has 0 aromatic heterocycles. The standard InChI is InChI=1S/C12H22N2O3/c1-12(2)16-9-10(17-12)8-14-7-6-13(3)5-4-11(14)15/h10H,4-9H2,1-3H3. The Hall–Kier alpha value is -0.650. The van der Waals surface area contributed by atoms with Crippen LogP contribution in [0.5, 0.6) is 0 Å². The fourth-order valence-corrected chi connectivity index (χ4v) is 2.26. The molecule has 0 bridgehead atoms. The lowest BCUT2D eigenvalue weighted by Crippen LogP contribution is -2.40. The summed E-state index contributed by atoms with van der Waals surface area (Å²) in [5.41, 5.74) is 0. The second kappa shape index (κ2) is 4.92. The first kappa shape index (κ1) is 12.8. The smallest absolute Gasteiger partial charge is 0.223 e. The van der Waals surface area contributed by atoms with Gasteiger partial charge in [-0.1, -0.05) is 0 Å². The molecule has 1 unspecified atom stereocenters. The van der Waals surface area contributed by atoms with E-state index >= 15 is 0 Å². The first-order chi connectivity index (χ1) is 7.96. The van der Waals surface area contributed by atoms with Gasteiger partial charge in [-0.25, -0.2) is 0 Å². The summed E-state index contributed by atoms with van der Waals surface area (Å²) in [6.07, 6.45) is 0.616. The lowest BCUT2D eigenvalue weighted by atomic mass is 10.3. The van der Waals surface area contributed by atoms with Gasteiger partial charge in [0.25, 0.3) is 0 Å². The Morgan fingerprint density at radius 2 is 2.12 bits per heavy atom. The van der Waals surface area contributed by atoms with E-state index < -0.39 is 5.79 Å². The second-order valence-electron chi connectivity index (χ2n) is 5.34. The number of hydrogen-bond acceptors (Lipinski definition) is 4. The molecule has 2 aliphatic rings. The summed E-state index contributed by atoms with van der Waals surface area (Å²) in [7, 11) is 2.05. The Morgan fingerprint density at radius 3 is 2.76 bits per heavy atom. The molecular weight excluding hydrogens is 220 g/mol. The molecule has 0 aliphatic carbocycles. The number of hydrogen-bond donors (Lipinski definition) is 0. The molecule has 2 aliphatic heterocycles. The lowest BCUT2D eigenvalue weighted by Gasteiger charge is -2.24. The average molecular weight is 242 g/mol. The van der Waals surface area contributed by atoms with Crippen LogP contribution in [-0.4, -0.2) is 67.4 Å². The molecular formula is C12H22N2O3. The van der Waals surface area contributed by atoms with Gasteiger partial charge in [0.2, 0.25) is 5.91 Å². The van der Waals surface area contributed by atoms with Crippen molar-refractivity contribution in [2.45, 2.75) is 32.2 Å². The van der Waals surface area contributed by atoms with E-state index in [9.17, 15) is 4.79 Å². The minimum absolute atomic E-state index is 0.0114. The summed E-state index contributed by atoms with van der Waals surface area (Å²) >= 11 is 0. The van der Waals surface area contributed by atoms with Crippen LogP contribution in [0.2, 0.25) is 0 Å². The highest BCUT2D eigenvalue weighted by Gasteiger charge is 2.34. The average Bonchev–Trinajstić information content (AvgIpc) is 2.52. The van der Waals surface area contributed by atoms with Crippen LogP contribution in [0.3, 0.4) is 0 Å². The third-order valence-electron chi connectivity index (χ3n) is 3.30. The zero-order valence-electron chi connectivity index (χ0n) is 10.9. The summed E-state index contributed by atoms with van der Waals surface area (Å²) in [6.45, 7) is 7.61. The van der Waals surface area contributed by atoms with Crippen molar-refractivity contribution in [3.8, 4) is 0 Å². The highest BCUT2D eigenvalue weighted by Crippen LogP contribution is 2.23. The van der Waals surface area contributed by atoms with E-state index in [1.54, 1.807) is 0 Å². The molecule has 0 spiro atoms. The van der Waals surface area contributed by atoms with E-state index in [-0.39, 0.29) is 12.0 Å². The SMILES string of the molecule is CN1CCC(=O)N(CC2COC(C)(C)O2)CC1. The van der Waals surface area contributed by atoms with Crippen molar-refractivity contribution in [3.05, 3.63) is 0 Å². The predicted octanol–water partition coefficient (Wildman–Crippen LogP) is 0.302. The van der Waals surface area contributed by atoms with E-state index in [1.807, 2.05) is 18.7 Å². The molecule has 2 rings (SSSR count). The maximum absolute atomic E-state index is 11.9. The van der Waals surface area contributed by atoms with Crippen LogP contribution in [0.4, 0.5) is 0 Å². The van der Waals surface area contributed by atoms with Crippen molar-refractivity contribution < 1.29 is 14.3 Å². The van der Waals surface area contributed by atoms with E-state index in [2.05, 4.69) is 11.9 Å². The minimum atomic E-state index is -0.504. The third kappa shape index (κ3) is 3.40. The topological polar surface area (TPSA) is 42.0 Å². The monoisotopic (exact) mass is 242 g/mol. The van der Waals surface area contributed by atoms with Gasteiger partial charge in [-0.2, -0.15) is 0 Å². The van der Waals surface area contributed by atoms with Crippen molar-refractivity contribution in [2.75, 3.05) is 39.8 Å². The molecule has 0 aromatic carbocycles. The normalized spacial score (nSPS) is 30.6. The van der Waals surface area contributed by atoms with Crippen LogP contribution in [0.15, 0.2) is 0 Å². The van der Waals surface area contributed by atoms with Gasteiger partial charge in [0.05, 0.1) is 6.61 Å². The maximum atomic E-state index is 11.9. The quantitative estimate of drug-likeness (QED) is 0.698. The Bertz CT molecular complexity index is 293. The molecule has 17 heavy (non-hydrogen) atoms. The van der Waals surface area contributed by atoms with E-state index in [0.717, 1.165) is 19.6 Å². The second-order valence-corrected chi connectivity index (χ2v) is 5.34.